The molecule has 0 amide bonds. The summed E-state index contributed by atoms with van der Waals surface area (Å²) in [5.74, 6) is 2.00. The number of aromatic nitrogens is 2. The molecule has 4 rings (SSSR count). The second-order valence-corrected chi connectivity index (χ2v) is 5.82. The summed E-state index contributed by atoms with van der Waals surface area (Å²) in [6.07, 6.45) is 5.85. The lowest BCUT2D eigenvalue weighted by Crippen LogP contribution is -2.27. The number of piperidine rings is 1. The second kappa shape index (κ2) is 5.02. The molecule has 1 saturated heterocycles. The fourth-order valence-corrected chi connectivity index (χ4v) is 3.30. The van der Waals surface area contributed by atoms with Gasteiger partial charge >= 0.3 is 0 Å². The van der Waals surface area contributed by atoms with Gasteiger partial charge in [0, 0.05) is 11.5 Å². The zero-order valence-corrected chi connectivity index (χ0v) is 11.6. The summed E-state index contributed by atoms with van der Waals surface area (Å²) in [6.45, 7) is 2.10. The van der Waals surface area contributed by atoms with Crippen LogP contribution < -0.4 is 5.32 Å². The van der Waals surface area contributed by atoms with Crippen molar-refractivity contribution >= 4 is 0 Å². The molecule has 0 radical (unpaired) electrons. The van der Waals surface area contributed by atoms with Gasteiger partial charge in [0.15, 0.2) is 5.82 Å². The van der Waals surface area contributed by atoms with Crippen LogP contribution >= 0.6 is 0 Å². The van der Waals surface area contributed by atoms with Crippen LogP contribution in [0.5, 0.6) is 0 Å². The van der Waals surface area contributed by atoms with Gasteiger partial charge in [0.1, 0.15) is 0 Å². The van der Waals surface area contributed by atoms with Crippen molar-refractivity contribution in [3.8, 4) is 11.5 Å². The van der Waals surface area contributed by atoms with Crippen molar-refractivity contribution in [1.82, 2.24) is 15.5 Å². The first-order chi connectivity index (χ1) is 9.90. The molecule has 0 spiro atoms. The number of hydrogen-bond donors (Lipinski definition) is 1. The maximum atomic E-state index is 5.48. The normalized spacial score (nSPS) is 19.2. The van der Waals surface area contributed by atoms with E-state index in [1.54, 1.807) is 0 Å². The molecule has 1 aromatic carbocycles. The molecule has 1 aliphatic heterocycles. The maximum absolute atomic E-state index is 5.48. The third-order valence-electron chi connectivity index (χ3n) is 4.49. The third-order valence-corrected chi connectivity index (χ3v) is 4.49. The summed E-state index contributed by atoms with van der Waals surface area (Å²) in [5, 5.41) is 7.56. The minimum Gasteiger partial charge on any atom is -0.334 e. The maximum Gasteiger partial charge on any atom is 0.257 e. The Kier molecular flexibility index (Phi) is 3.03. The van der Waals surface area contributed by atoms with Crippen LogP contribution in [0.3, 0.4) is 0 Å². The molecule has 1 aromatic heterocycles. The summed E-state index contributed by atoms with van der Waals surface area (Å²) >= 11 is 0. The van der Waals surface area contributed by atoms with Gasteiger partial charge < -0.3 is 9.84 Å². The number of rotatable bonds is 2. The van der Waals surface area contributed by atoms with Crippen molar-refractivity contribution in [3.63, 3.8) is 0 Å². The molecule has 0 unspecified atom stereocenters. The van der Waals surface area contributed by atoms with Crippen molar-refractivity contribution in [1.29, 1.82) is 0 Å². The van der Waals surface area contributed by atoms with Crippen molar-refractivity contribution < 1.29 is 4.52 Å². The van der Waals surface area contributed by atoms with Crippen molar-refractivity contribution in [2.45, 2.75) is 38.0 Å². The van der Waals surface area contributed by atoms with Gasteiger partial charge in [-0.15, -0.1) is 0 Å². The third kappa shape index (κ3) is 2.14. The van der Waals surface area contributed by atoms with Gasteiger partial charge in [0.25, 0.3) is 5.89 Å². The van der Waals surface area contributed by atoms with E-state index in [-0.39, 0.29) is 0 Å². The molecular formula is C16H19N3O. The second-order valence-electron chi connectivity index (χ2n) is 5.82. The first kappa shape index (κ1) is 12.1. The minimum absolute atomic E-state index is 0.447. The summed E-state index contributed by atoms with van der Waals surface area (Å²) in [7, 11) is 0. The van der Waals surface area contributed by atoms with Crippen LogP contribution in [0.4, 0.5) is 0 Å². The quantitative estimate of drug-likeness (QED) is 0.910. The van der Waals surface area contributed by atoms with E-state index in [1.165, 1.54) is 30.4 Å². The fourth-order valence-electron chi connectivity index (χ4n) is 3.30. The zero-order valence-electron chi connectivity index (χ0n) is 11.6. The van der Waals surface area contributed by atoms with E-state index in [9.17, 15) is 0 Å². The highest BCUT2D eigenvalue weighted by atomic mass is 16.5. The average Bonchev–Trinajstić information content (AvgIpc) is 3.16. The van der Waals surface area contributed by atoms with E-state index in [0.29, 0.717) is 11.8 Å². The number of nitrogens with one attached hydrogen (secondary N) is 1. The Balaban J connectivity index is 1.61. The molecule has 0 bridgehead atoms. The predicted molar refractivity (Wildman–Crippen MR) is 76.6 cm³/mol. The molecule has 1 fully saturated rings. The molecule has 1 N–H and O–H groups in total. The fraction of sp³-hybridized carbons (Fsp3) is 0.500. The number of nitrogens with zero attached hydrogens (tertiary/aromatic N) is 2. The van der Waals surface area contributed by atoms with E-state index >= 15 is 0 Å². The molecule has 4 nitrogen and oxygen atoms in total. The number of benzene rings is 1. The molecule has 2 aromatic rings. The Labute approximate surface area is 118 Å². The Morgan fingerprint density at radius 1 is 1.10 bits per heavy atom. The number of aryl methyl sites for hydroxylation is 2. The van der Waals surface area contributed by atoms with E-state index in [4.69, 9.17) is 4.52 Å². The van der Waals surface area contributed by atoms with Crippen LogP contribution in [-0.2, 0) is 12.8 Å². The van der Waals surface area contributed by atoms with Crippen LogP contribution in [0.15, 0.2) is 22.7 Å². The topological polar surface area (TPSA) is 51.0 Å². The summed E-state index contributed by atoms with van der Waals surface area (Å²) in [6, 6.07) is 6.55. The molecule has 104 valence electrons. The number of fused-ring (bicyclic) bond motifs is 1. The number of hydrogen-bond acceptors (Lipinski definition) is 4. The molecule has 0 saturated carbocycles. The molecule has 1 aliphatic carbocycles. The summed E-state index contributed by atoms with van der Waals surface area (Å²) in [4.78, 5) is 4.62. The van der Waals surface area contributed by atoms with Crippen molar-refractivity contribution in [3.05, 3.63) is 35.2 Å². The Morgan fingerprint density at radius 3 is 2.85 bits per heavy atom. The highest BCUT2D eigenvalue weighted by Gasteiger charge is 2.21. The van der Waals surface area contributed by atoms with Crippen LogP contribution in [0.2, 0.25) is 0 Å². The zero-order chi connectivity index (χ0) is 13.4. The lowest BCUT2D eigenvalue weighted by atomic mass is 9.97. The average molecular weight is 269 g/mol. The van der Waals surface area contributed by atoms with Gasteiger partial charge in [0.2, 0.25) is 0 Å². The summed E-state index contributed by atoms with van der Waals surface area (Å²) in [5.41, 5.74) is 3.99. The molecule has 2 heterocycles. The van der Waals surface area contributed by atoms with Gasteiger partial charge in [-0.25, -0.2) is 0 Å². The van der Waals surface area contributed by atoms with Crippen LogP contribution in [-0.4, -0.2) is 23.2 Å². The lowest BCUT2D eigenvalue weighted by Gasteiger charge is -2.18. The first-order valence-corrected chi connectivity index (χ1v) is 7.56. The van der Waals surface area contributed by atoms with E-state index in [2.05, 4.69) is 33.7 Å². The van der Waals surface area contributed by atoms with Gasteiger partial charge in [0.05, 0.1) is 0 Å². The molecule has 20 heavy (non-hydrogen) atoms. The Bertz CT molecular complexity index is 614. The highest BCUT2D eigenvalue weighted by Crippen LogP contribution is 2.29. The van der Waals surface area contributed by atoms with Gasteiger partial charge in [-0.05, 0) is 68.5 Å². The summed E-state index contributed by atoms with van der Waals surface area (Å²) < 4.78 is 5.48. The molecule has 4 heteroatoms. The Hall–Kier alpha value is -1.68. The van der Waals surface area contributed by atoms with Crippen molar-refractivity contribution in [2.24, 2.45) is 0 Å². The smallest absolute Gasteiger partial charge is 0.257 e. The lowest BCUT2D eigenvalue weighted by molar-refractivity contribution is 0.392. The molecule has 0 atom stereocenters. The largest absolute Gasteiger partial charge is 0.334 e. The Morgan fingerprint density at radius 2 is 1.95 bits per heavy atom. The monoisotopic (exact) mass is 269 g/mol. The van der Waals surface area contributed by atoms with E-state index in [1.807, 2.05) is 0 Å². The van der Waals surface area contributed by atoms with Gasteiger partial charge in [-0.3, -0.25) is 0 Å². The van der Waals surface area contributed by atoms with Gasteiger partial charge in [-0.2, -0.15) is 4.98 Å². The predicted octanol–water partition coefficient (Wildman–Crippen LogP) is 2.69. The van der Waals surface area contributed by atoms with Crippen LogP contribution in [0.1, 0.15) is 42.1 Å². The van der Waals surface area contributed by atoms with Crippen LogP contribution in [0, 0.1) is 0 Å². The van der Waals surface area contributed by atoms with E-state index in [0.717, 1.165) is 37.3 Å². The van der Waals surface area contributed by atoms with Gasteiger partial charge in [-0.1, -0.05) is 11.2 Å². The minimum atomic E-state index is 0.447. The van der Waals surface area contributed by atoms with E-state index < -0.39 is 0 Å². The standard InChI is InChI=1S/C16H19N3O/c1-2-11-4-5-14(10-13(11)3-1)16-18-15(19-20-16)12-6-8-17-9-7-12/h4-5,10,12,17H,1-3,6-9H2. The first-order valence-electron chi connectivity index (χ1n) is 7.56. The SMILES string of the molecule is c1cc2c(cc1-c1nc(C3CCNCC3)no1)CCC2. The molecule has 2 aliphatic rings. The molecular weight excluding hydrogens is 250 g/mol. The van der Waals surface area contributed by atoms with Crippen molar-refractivity contribution in [2.75, 3.05) is 13.1 Å². The van der Waals surface area contributed by atoms with Crippen LogP contribution in [0.25, 0.3) is 11.5 Å². The highest BCUT2D eigenvalue weighted by molar-refractivity contribution is 5.56.